The molecule has 120 valence electrons. The standard InChI is InChI=1S/C14H25N3O4/c1-9(2)16-14(21)17-12(18)8-15-7-10-3-5-11(6-4-10)13(19)20/h9-11,15H,3-8H2,1-2H3,(H,19,20)(H2,16,17,18,21). The van der Waals surface area contributed by atoms with E-state index < -0.39 is 12.0 Å². The number of carbonyl (C=O) groups excluding carboxylic acids is 2. The van der Waals surface area contributed by atoms with Crippen LogP contribution in [-0.4, -0.2) is 42.1 Å². The number of amides is 3. The third-order valence-corrected chi connectivity index (χ3v) is 3.59. The van der Waals surface area contributed by atoms with Crippen LogP contribution in [0.15, 0.2) is 0 Å². The third-order valence-electron chi connectivity index (χ3n) is 3.59. The molecule has 1 saturated carbocycles. The lowest BCUT2D eigenvalue weighted by molar-refractivity contribution is -0.143. The second-order valence-electron chi connectivity index (χ2n) is 5.86. The van der Waals surface area contributed by atoms with Crippen molar-refractivity contribution in [3.63, 3.8) is 0 Å². The van der Waals surface area contributed by atoms with E-state index in [1.807, 2.05) is 13.8 Å². The Bertz CT molecular complexity index is 376. The molecule has 0 aliphatic heterocycles. The summed E-state index contributed by atoms with van der Waals surface area (Å²) in [5.74, 6) is -0.897. The smallest absolute Gasteiger partial charge is 0.321 e. The van der Waals surface area contributed by atoms with Gasteiger partial charge in [-0.15, -0.1) is 0 Å². The Hall–Kier alpha value is -1.63. The lowest BCUT2D eigenvalue weighted by Gasteiger charge is -2.26. The largest absolute Gasteiger partial charge is 0.481 e. The Balaban J connectivity index is 2.12. The number of carboxylic acids is 1. The molecular weight excluding hydrogens is 274 g/mol. The van der Waals surface area contributed by atoms with Crippen molar-refractivity contribution in [2.45, 2.75) is 45.6 Å². The zero-order valence-electron chi connectivity index (χ0n) is 12.6. The first-order valence-electron chi connectivity index (χ1n) is 7.42. The van der Waals surface area contributed by atoms with E-state index in [-0.39, 0.29) is 24.4 Å². The van der Waals surface area contributed by atoms with Crippen molar-refractivity contribution in [1.82, 2.24) is 16.0 Å². The van der Waals surface area contributed by atoms with Crippen molar-refractivity contribution in [1.29, 1.82) is 0 Å². The summed E-state index contributed by atoms with van der Waals surface area (Å²) in [6, 6.07) is -0.506. The molecule has 0 unspecified atom stereocenters. The summed E-state index contributed by atoms with van der Waals surface area (Å²) in [5.41, 5.74) is 0. The Morgan fingerprint density at radius 2 is 1.76 bits per heavy atom. The van der Waals surface area contributed by atoms with Crippen LogP contribution in [-0.2, 0) is 9.59 Å². The summed E-state index contributed by atoms with van der Waals surface area (Å²) < 4.78 is 0. The first-order chi connectivity index (χ1) is 9.88. The molecular formula is C14H25N3O4. The fourth-order valence-corrected chi connectivity index (χ4v) is 2.47. The first-order valence-corrected chi connectivity index (χ1v) is 7.42. The number of carbonyl (C=O) groups is 3. The quantitative estimate of drug-likeness (QED) is 0.577. The van der Waals surface area contributed by atoms with E-state index in [1.165, 1.54) is 0 Å². The van der Waals surface area contributed by atoms with E-state index in [4.69, 9.17) is 5.11 Å². The summed E-state index contributed by atoms with van der Waals surface area (Å²) in [7, 11) is 0. The highest BCUT2D eigenvalue weighted by atomic mass is 16.4. The maximum absolute atomic E-state index is 11.5. The maximum Gasteiger partial charge on any atom is 0.321 e. The third kappa shape index (κ3) is 7.08. The highest BCUT2D eigenvalue weighted by Crippen LogP contribution is 2.28. The van der Waals surface area contributed by atoms with Gasteiger partial charge in [0.05, 0.1) is 12.5 Å². The van der Waals surface area contributed by atoms with Gasteiger partial charge in [0, 0.05) is 6.04 Å². The van der Waals surface area contributed by atoms with Gasteiger partial charge in [0.2, 0.25) is 5.91 Å². The van der Waals surface area contributed by atoms with Crippen LogP contribution in [0.25, 0.3) is 0 Å². The number of nitrogens with one attached hydrogen (secondary N) is 3. The van der Waals surface area contributed by atoms with E-state index in [0.29, 0.717) is 25.3 Å². The molecule has 0 radical (unpaired) electrons. The molecule has 0 saturated heterocycles. The summed E-state index contributed by atoms with van der Waals surface area (Å²) in [6.07, 6.45) is 3.12. The molecule has 1 rings (SSSR count). The van der Waals surface area contributed by atoms with Crippen LogP contribution in [0.5, 0.6) is 0 Å². The first kappa shape index (κ1) is 17.4. The minimum Gasteiger partial charge on any atom is -0.481 e. The minimum atomic E-state index is -0.711. The predicted molar refractivity (Wildman–Crippen MR) is 77.8 cm³/mol. The van der Waals surface area contributed by atoms with Gasteiger partial charge in [0.15, 0.2) is 0 Å². The molecule has 4 N–H and O–H groups in total. The Labute approximate surface area is 124 Å². The van der Waals surface area contributed by atoms with Gasteiger partial charge in [-0.05, 0) is 52.0 Å². The van der Waals surface area contributed by atoms with Crippen LogP contribution in [0.1, 0.15) is 39.5 Å². The molecule has 0 bridgehead atoms. The van der Waals surface area contributed by atoms with Gasteiger partial charge in [-0.25, -0.2) is 4.79 Å². The van der Waals surface area contributed by atoms with Gasteiger partial charge in [0.25, 0.3) is 0 Å². The predicted octanol–water partition coefficient (Wildman–Crippen LogP) is 0.701. The molecule has 0 heterocycles. The zero-order chi connectivity index (χ0) is 15.8. The van der Waals surface area contributed by atoms with Crippen molar-refractivity contribution >= 4 is 17.9 Å². The Morgan fingerprint density at radius 1 is 1.14 bits per heavy atom. The topological polar surface area (TPSA) is 108 Å². The fourth-order valence-electron chi connectivity index (χ4n) is 2.47. The molecule has 1 fully saturated rings. The second kappa shape index (κ2) is 8.61. The molecule has 0 aromatic carbocycles. The SMILES string of the molecule is CC(C)NC(=O)NC(=O)CNCC1CCC(C(=O)O)CC1. The van der Waals surface area contributed by atoms with Gasteiger partial charge < -0.3 is 15.7 Å². The molecule has 0 spiro atoms. The van der Waals surface area contributed by atoms with Crippen molar-refractivity contribution in [2.24, 2.45) is 11.8 Å². The molecule has 0 atom stereocenters. The van der Waals surface area contributed by atoms with Gasteiger partial charge in [-0.3, -0.25) is 14.9 Å². The van der Waals surface area contributed by atoms with Crippen LogP contribution in [0.3, 0.4) is 0 Å². The van der Waals surface area contributed by atoms with Crippen LogP contribution >= 0.6 is 0 Å². The number of carboxylic acid groups (broad SMARTS) is 1. The number of hydrogen-bond donors (Lipinski definition) is 4. The summed E-state index contributed by atoms with van der Waals surface area (Å²) >= 11 is 0. The molecule has 3 amide bonds. The van der Waals surface area contributed by atoms with E-state index >= 15 is 0 Å². The van der Waals surface area contributed by atoms with Crippen molar-refractivity contribution in [2.75, 3.05) is 13.1 Å². The van der Waals surface area contributed by atoms with Gasteiger partial charge in [0.1, 0.15) is 0 Å². The molecule has 1 aliphatic carbocycles. The van der Waals surface area contributed by atoms with E-state index in [1.54, 1.807) is 0 Å². The summed E-state index contributed by atoms with van der Waals surface area (Å²) in [4.78, 5) is 33.6. The number of rotatable bonds is 6. The highest BCUT2D eigenvalue weighted by Gasteiger charge is 2.25. The van der Waals surface area contributed by atoms with Gasteiger partial charge >= 0.3 is 12.0 Å². The normalized spacial score (nSPS) is 21.9. The molecule has 0 aromatic heterocycles. The van der Waals surface area contributed by atoms with Crippen molar-refractivity contribution in [3.8, 4) is 0 Å². The van der Waals surface area contributed by atoms with Gasteiger partial charge in [-0.2, -0.15) is 0 Å². The second-order valence-corrected chi connectivity index (χ2v) is 5.86. The number of hydrogen-bond acceptors (Lipinski definition) is 4. The molecule has 1 aliphatic rings. The number of urea groups is 1. The van der Waals surface area contributed by atoms with Crippen LogP contribution in [0.2, 0.25) is 0 Å². The van der Waals surface area contributed by atoms with E-state index in [0.717, 1.165) is 12.8 Å². The van der Waals surface area contributed by atoms with E-state index in [9.17, 15) is 14.4 Å². The van der Waals surface area contributed by atoms with Crippen molar-refractivity contribution in [3.05, 3.63) is 0 Å². The Morgan fingerprint density at radius 3 is 2.29 bits per heavy atom. The minimum absolute atomic E-state index is 0.0184. The van der Waals surface area contributed by atoms with Gasteiger partial charge in [-0.1, -0.05) is 0 Å². The number of imide groups is 1. The average molecular weight is 299 g/mol. The van der Waals surface area contributed by atoms with Crippen molar-refractivity contribution < 1.29 is 19.5 Å². The summed E-state index contributed by atoms with van der Waals surface area (Å²) in [5, 5.41) is 16.7. The zero-order valence-corrected chi connectivity index (χ0v) is 12.6. The molecule has 7 nitrogen and oxygen atoms in total. The van der Waals surface area contributed by atoms with E-state index in [2.05, 4.69) is 16.0 Å². The number of aliphatic carboxylic acids is 1. The monoisotopic (exact) mass is 299 g/mol. The molecule has 7 heteroatoms. The Kier molecular flexibility index (Phi) is 7.14. The average Bonchev–Trinajstić information content (AvgIpc) is 2.38. The van der Waals surface area contributed by atoms with Crippen LogP contribution in [0, 0.1) is 11.8 Å². The highest BCUT2D eigenvalue weighted by molar-refractivity contribution is 5.95. The summed E-state index contributed by atoms with van der Waals surface area (Å²) in [6.45, 7) is 4.39. The lowest BCUT2D eigenvalue weighted by Crippen LogP contribution is -2.46. The molecule has 21 heavy (non-hydrogen) atoms. The fraction of sp³-hybridized carbons (Fsp3) is 0.786. The molecule has 0 aromatic rings. The van der Waals surface area contributed by atoms with Crippen LogP contribution in [0.4, 0.5) is 4.79 Å². The van der Waals surface area contributed by atoms with Crippen LogP contribution < -0.4 is 16.0 Å². The lowest BCUT2D eigenvalue weighted by atomic mass is 9.82. The maximum atomic E-state index is 11.5.